The summed E-state index contributed by atoms with van der Waals surface area (Å²) >= 11 is 0. The largest absolute Gasteiger partial charge is 0.356 e. The van der Waals surface area contributed by atoms with Gasteiger partial charge in [0.05, 0.1) is 5.69 Å². The van der Waals surface area contributed by atoms with Crippen molar-refractivity contribution < 1.29 is 4.52 Å². The molecule has 28 heavy (non-hydrogen) atoms. The maximum Gasteiger partial charge on any atom is 0.265 e. The van der Waals surface area contributed by atoms with Crippen LogP contribution >= 0.6 is 0 Å². The second-order valence-corrected chi connectivity index (χ2v) is 10.0. The number of aromatic nitrogens is 4. The van der Waals surface area contributed by atoms with Crippen molar-refractivity contribution in [3.05, 3.63) is 23.5 Å². The number of anilines is 2. The molecule has 0 radical (unpaired) electrons. The molecule has 154 valence electrons. The Morgan fingerprint density at radius 2 is 1.61 bits per heavy atom. The Morgan fingerprint density at radius 3 is 2.11 bits per heavy atom. The highest BCUT2D eigenvalue weighted by atomic mass is 16.5. The predicted octanol–water partition coefficient (Wildman–Crippen LogP) is 3.90. The summed E-state index contributed by atoms with van der Waals surface area (Å²) in [6, 6.07) is 2.16. The van der Waals surface area contributed by atoms with Crippen molar-refractivity contribution >= 4 is 11.8 Å². The molecule has 2 aromatic rings. The summed E-state index contributed by atoms with van der Waals surface area (Å²) in [5, 5.41) is 4.05. The zero-order chi connectivity index (χ0) is 20.7. The maximum atomic E-state index is 5.49. The van der Waals surface area contributed by atoms with Gasteiger partial charge < -0.3 is 14.3 Å². The zero-order valence-corrected chi connectivity index (χ0v) is 18.6. The lowest BCUT2D eigenvalue weighted by Gasteiger charge is -2.33. The number of nitrogens with zero attached hydrogens (tertiary/aromatic N) is 6. The third kappa shape index (κ3) is 4.45. The fourth-order valence-corrected chi connectivity index (χ4v) is 3.25. The van der Waals surface area contributed by atoms with Crippen LogP contribution in [0.15, 0.2) is 10.6 Å². The Kier molecular flexibility index (Phi) is 5.38. The third-order valence-electron chi connectivity index (χ3n) is 5.15. The van der Waals surface area contributed by atoms with Crippen molar-refractivity contribution in [3.8, 4) is 0 Å². The van der Waals surface area contributed by atoms with Crippen LogP contribution in [0.4, 0.5) is 11.8 Å². The summed E-state index contributed by atoms with van der Waals surface area (Å²) in [5.41, 5.74) is 1.00. The van der Waals surface area contributed by atoms with Crippen molar-refractivity contribution in [1.82, 2.24) is 20.1 Å². The van der Waals surface area contributed by atoms with E-state index in [1.807, 2.05) is 19.0 Å². The van der Waals surface area contributed by atoms with Gasteiger partial charge in [-0.2, -0.15) is 4.98 Å². The van der Waals surface area contributed by atoms with E-state index in [1.165, 1.54) is 0 Å². The van der Waals surface area contributed by atoms with Crippen LogP contribution in [0, 0.1) is 0 Å². The molecular formula is C21H34N6O. The van der Waals surface area contributed by atoms with Crippen LogP contribution in [0.2, 0.25) is 0 Å². The van der Waals surface area contributed by atoms with E-state index < -0.39 is 0 Å². The Morgan fingerprint density at radius 1 is 0.964 bits per heavy atom. The minimum atomic E-state index is -0.0827. The topological polar surface area (TPSA) is 71.2 Å². The van der Waals surface area contributed by atoms with Crippen LogP contribution in [-0.4, -0.2) is 47.3 Å². The first-order valence-corrected chi connectivity index (χ1v) is 10.1. The Bertz CT molecular complexity index is 775. The van der Waals surface area contributed by atoms with E-state index in [-0.39, 0.29) is 10.8 Å². The summed E-state index contributed by atoms with van der Waals surface area (Å²) in [6.07, 6.45) is 1.96. The Labute approximate surface area is 168 Å². The smallest absolute Gasteiger partial charge is 0.265 e. The van der Waals surface area contributed by atoms with E-state index >= 15 is 0 Å². The van der Waals surface area contributed by atoms with Crippen LogP contribution in [-0.2, 0) is 10.8 Å². The molecule has 7 nitrogen and oxygen atoms in total. The summed E-state index contributed by atoms with van der Waals surface area (Å²) in [4.78, 5) is 18.6. The lowest BCUT2D eigenvalue weighted by molar-refractivity contribution is 0.329. The van der Waals surface area contributed by atoms with E-state index in [4.69, 9.17) is 14.5 Å². The average Bonchev–Trinajstić information content (AvgIpc) is 3.10. The van der Waals surface area contributed by atoms with Crippen LogP contribution in [0.3, 0.4) is 0 Å². The molecule has 0 aromatic carbocycles. The molecular weight excluding hydrogens is 352 g/mol. The molecule has 0 unspecified atom stereocenters. The number of hydrogen-bond acceptors (Lipinski definition) is 7. The normalized spacial score (nSPS) is 16.5. The van der Waals surface area contributed by atoms with Gasteiger partial charge in [-0.05, 0) is 18.0 Å². The minimum absolute atomic E-state index is 0.0116. The molecule has 3 heterocycles. The van der Waals surface area contributed by atoms with Gasteiger partial charge in [-0.3, -0.25) is 0 Å². The van der Waals surface area contributed by atoms with Gasteiger partial charge in [-0.15, -0.1) is 0 Å². The van der Waals surface area contributed by atoms with Crippen LogP contribution < -0.4 is 9.80 Å². The minimum Gasteiger partial charge on any atom is -0.356 e. The summed E-state index contributed by atoms with van der Waals surface area (Å²) in [6.45, 7) is 15.0. The SMILES string of the molecule is CN(C)c1noc(C2CCN(c3cc(C(C)(C)C)nc(C(C)(C)C)n3)CC2)n1. The lowest BCUT2D eigenvalue weighted by Crippen LogP contribution is -2.35. The molecule has 1 fully saturated rings. The first kappa shape index (κ1) is 20.6. The molecule has 0 spiro atoms. The van der Waals surface area contributed by atoms with Gasteiger partial charge >= 0.3 is 0 Å². The highest BCUT2D eigenvalue weighted by Gasteiger charge is 2.29. The highest BCUT2D eigenvalue weighted by Crippen LogP contribution is 2.32. The maximum absolute atomic E-state index is 5.49. The monoisotopic (exact) mass is 386 g/mol. The Hall–Kier alpha value is -2.18. The number of rotatable bonds is 3. The molecule has 1 saturated heterocycles. The van der Waals surface area contributed by atoms with Gasteiger partial charge in [0, 0.05) is 50.0 Å². The van der Waals surface area contributed by atoms with Crippen LogP contribution in [0.1, 0.15) is 77.7 Å². The second-order valence-electron chi connectivity index (χ2n) is 10.0. The average molecular weight is 387 g/mol. The molecule has 0 N–H and O–H groups in total. The first-order chi connectivity index (χ1) is 12.9. The van der Waals surface area contributed by atoms with Gasteiger partial charge in [0.2, 0.25) is 5.89 Å². The fraction of sp³-hybridized carbons (Fsp3) is 0.714. The molecule has 0 atom stereocenters. The molecule has 0 saturated carbocycles. The summed E-state index contributed by atoms with van der Waals surface area (Å²) in [5.74, 6) is 3.63. The van der Waals surface area contributed by atoms with E-state index in [1.54, 1.807) is 0 Å². The number of hydrogen-bond donors (Lipinski definition) is 0. The zero-order valence-electron chi connectivity index (χ0n) is 18.6. The van der Waals surface area contributed by atoms with E-state index in [9.17, 15) is 0 Å². The van der Waals surface area contributed by atoms with Gasteiger partial charge in [-0.1, -0.05) is 41.5 Å². The summed E-state index contributed by atoms with van der Waals surface area (Å²) < 4.78 is 5.49. The van der Waals surface area contributed by atoms with Crippen molar-refractivity contribution in [2.24, 2.45) is 0 Å². The quantitative estimate of drug-likeness (QED) is 0.792. The van der Waals surface area contributed by atoms with Crippen molar-refractivity contribution in [3.63, 3.8) is 0 Å². The number of piperidine rings is 1. The van der Waals surface area contributed by atoms with Crippen molar-refractivity contribution in [2.75, 3.05) is 37.0 Å². The molecule has 3 rings (SSSR count). The molecule has 0 aliphatic carbocycles. The van der Waals surface area contributed by atoms with Gasteiger partial charge in [0.1, 0.15) is 11.6 Å². The van der Waals surface area contributed by atoms with Gasteiger partial charge in [0.25, 0.3) is 5.95 Å². The fourth-order valence-electron chi connectivity index (χ4n) is 3.25. The lowest BCUT2D eigenvalue weighted by atomic mass is 9.90. The first-order valence-electron chi connectivity index (χ1n) is 10.1. The van der Waals surface area contributed by atoms with E-state index in [0.717, 1.165) is 49.2 Å². The van der Waals surface area contributed by atoms with Gasteiger partial charge in [-0.25, -0.2) is 9.97 Å². The standard InChI is InChI=1S/C21H34N6O/c1-20(2,3)15-13-16(23-18(22-15)21(4,5)6)27-11-9-14(10-12-27)17-24-19(25-28-17)26(7)8/h13-14H,9-12H2,1-8H3. The van der Waals surface area contributed by atoms with Gasteiger partial charge in [0.15, 0.2) is 0 Å². The molecule has 1 aliphatic heterocycles. The Balaban J connectivity index is 1.79. The van der Waals surface area contributed by atoms with Crippen LogP contribution in [0.5, 0.6) is 0 Å². The molecule has 1 aliphatic rings. The predicted molar refractivity (Wildman–Crippen MR) is 112 cm³/mol. The second kappa shape index (κ2) is 7.33. The van der Waals surface area contributed by atoms with Crippen LogP contribution in [0.25, 0.3) is 0 Å². The van der Waals surface area contributed by atoms with E-state index in [0.29, 0.717) is 11.9 Å². The summed E-state index contributed by atoms with van der Waals surface area (Å²) in [7, 11) is 3.85. The van der Waals surface area contributed by atoms with Crippen molar-refractivity contribution in [1.29, 1.82) is 0 Å². The third-order valence-corrected chi connectivity index (χ3v) is 5.15. The molecule has 0 bridgehead atoms. The molecule has 0 amide bonds. The highest BCUT2D eigenvalue weighted by molar-refractivity contribution is 5.43. The van der Waals surface area contributed by atoms with Crippen molar-refractivity contribution in [2.45, 2.75) is 71.1 Å². The van der Waals surface area contributed by atoms with E-state index in [2.05, 4.69) is 62.6 Å². The molecule has 7 heteroatoms. The molecule has 2 aromatic heterocycles.